The van der Waals surface area contributed by atoms with Crippen molar-refractivity contribution in [2.75, 3.05) is 11.9 Å². The van der Waals surface area contributed by atoms with Gasteiger partial charge in [0.25, 0.3) is 0 Å². The summed E-state index contributed by atoms with van der Waals surface area (Å²) in [4.78, 5) is 4.23. The first-order valence-electron chi connectivity index (χ1n) is 5.84. The van der Waals surface area contributed by atoms with Crippen LogP contribution in [0, 0.1) is 5.92 Å². The number of benzene rings is 1. The third kappa shape index (κ3) is 6.01. The number of anilines is 1. The SMILES string of the molecule is CC(C)CN=C(NN)Nc1ccc(OC(F)F)cc1. The second-order valence-electron chi connectivity index (χ2n) is 4.26. The highest BCUT2D eigenvalue weighted by molar-refractivity contribution is 5.93. The van der Waals surface area contributed by atoms with Gasteiger partial charge in [-0.25, -0.2) is 5.84 Å². The van der Waals surface area contributed by atoms with E-state index in [4.69, 9.17) is 5.84 Å². The summed E-state index contributed by atoms with van der Waals surface area (Å²) in [6.07, 6.45) is 0. The fourth-order valence-corrected chi connectivity index (χ4v) is 1.25. The van der Waals surface area contributed by atoms with Gasteiger partial charge in [-0.1, -0.05) is 13.8 Å². The molecule has 0 aliphatic carbocycles. The van der Waals surface area contributed by atoms with E-state index in [-0.39, 0.29) is 5.75 Å². The molecule has 0 saturated heterocycles. The Labute approximate surface area is 110 Å². The molecule has 0 spiro atoms. The predicted molar refractivity (Wildman–Crippen MR) is 71.2 cm³/mol. The van der Waals surface area contributed by atoms with Crippen molar-refractivity contribution in [3.63, 3.8) is 0 Å². The number of ether oxygens (including phenoxy) is 1. The van der Waals surface area contributed by atoms with E-state index < -0.39 is 6.61 Å². The van der Waals surface area contributed by atoms with E-state index in [9.17, 15) is 8.78 Å². The van der Waals surface area contributed by atoms with Crippen LogP contribution >= 0.6 is 0 Å². The Balaban J connectivity index is 2.62. The number of alkyl halides is 2. The Morgan fingerprint density at radius 1 is 1.32 bits per heavy atom. The van der Waals surface area contributed by atoms with Gasteiger partial charge < -0.3 is 10.1 Å². The van der Waals surface area contributed by atoms with Crippen LogP contribution in [0.1, 0.15) is 13.8 Å². The highest BCUT2D eigenvalue weighted by atomic mass is 19.3. The molecule has 0 aliphatic rings. The van der Waals surface area contributed by atoms with E-state index in [1.54, 1.807) is 12.1 Å². The zero-order chi connectivity index (χ0) is 14.3. The molecule has 0 bridgehead atoms. The van der Waals surface area contributed by atoms with E-state index in [2.05, 4.69) is 20.5 Å². The molecule has 1 aromatic rings. The first kappa shape index (κ1) is 15.2. The van der Waals surface area contributed by atoms with Gasteiger partial charge in [0.15, 0.2) is 0 Å². The van der Waals surface area contributed by atoms with Gasteiger partial charge in [0.1, 0.15) is 5.75 Å². The van der Waals surface area contributed by atoms with Crippen molar-refractivity contribution < 1.29 is 13.5 Å². The fourth-order valence-electron chi connectivity index (χ4n) is 1.25. The molecule has 19 heavy (non-hydrogen) atoms. The zero-order valence-corrected chi connectivity index (χ0v) is 10.9. The van der Waals surface area contributed by atoms with E-state index >= 15 is 0 Å². The summed E-state index contributed by atoms with van der Waals surface area (Å²) in [5, 5.41) is 2.94. The largest absolute Gasteiger partial charge is 0.435 e. The minimum absolute atomic E-state index is 0.0990. The second kappa shape index (κ2) is 7.52. The number of hydrazine groups is 1. The maximum Gasteiger partial charge on any atom is 0.387 e. The van der Waals surface area contributed by atoms with Crippen molar-refractivity contribution in [2.45, 2.75) is 20.5 Å². The Kier molecular flexibility index (Phi) is 6.01. The predicted octanol–water partition coefficient (Wildman–Crippen LogP) is 2.18. The van der Waals surface area contributed by atoms with Crippen LogP contribution in [0.25, 0.3) is 0 Å². The molecule has 1 aromatic carbocycles. The number of nitrogens with one attached hydrogen (secondary N) is 2. The lowest BCUT2D eigenvalue weighted by atomic mass is 10.2. The molecule has 4 N–H and O–H groups in total. The maximum atomic E-state index is 12.0. The lowest BCUT2D eigenvalue weighted by Gasteiger charge is -2.11. The molecule has 0 atom stereocenters. The lowest BCUT2D eigenvalue weighted by molar-refractivity contribution is -0.0498. The Hall–Kier alpha value is -1.89. The summed E-state index contributed by atoms with van der Waals surface area (Å²) in [6, 6.07) is 6.07. The molecule has 0 radical (unpaired) electrons. The molecule has 1 rings (SSSR count). The van der Waals surface area contributed by atoms with Crippen LogP contribution in [0.4, 0.5) is 14.5 Å². The summed E-state index contributed by atoms with van der Waals surface area (Å²) in [7, 11) is 0. The number of hydrogen-bond acceptors (Lipinski definition) is 3. The Bertz CT molecular complexity index is 407. The molecule has 106 valence electrons. The molecule has 0 amide bonds. The van der Waals surface area contributed by atoms with E-state index in [1.165, 1.54) is 12.1 Å². The minimum atomic E-state index is -2.83. The number of nitrogens with zero attached hydrogens (tertiary/aromatic N) is 1. The van der Waals surface area contributed by atoms with Crippen molar-refractivity contribution in [1.29, 1.82) is 0 Å². The van der Waals surface area contributed by atoms with Gasteiger partial charge in [0.2, 0.25) is 5.96 Å². The topological polar surface area (TPSA) is 71.7 Å². The molecule has 0 fully saturated rings. The van der Waals surface area contributed by atoms with Crippen molar-refractivity contribution in [1.82, 2.24) is 5.43 Å². The molecule has 7 heteroatoms. The van der Waals surface area contributed by atoms with Crippen LogP contribution in [-0.2, 0) is 0 Å². The molecular weight excluding hydrogens is 254 g/mol. The van der Waals surface area contributed by atoms with Gasteiger partial charge in [0, 0.05) is 12.2 Å². The minimum Gasteiger partial charge on any atom is -0.435 e. The first-order chi connectivity index (χ1) is 9.01. The van der Waals surface area contributed by atoms with Crippen molar-refractivity contribution in [3.05, 3.63) is 24.3 Å². The standard InChI is InChI=1S/C12H18F2N4O/c1-8(2)7-16-12(18-15)17-9-3-5-10(6-4-9)19-11(13)14/h3-6,8,11H,7,15H2,1-2H3,(H2,16,17,18). The lowest BCUT2D eigenvalue weighted by Crippen LogP contribution is -2.36. The summed E-state index contributed by atoms with van der Waals surface area (Å²) in [6.45, 7) is 1.87. The highest BCUT2D eigenvalue weighted by Gasteiger charge is 2.04. The van der Waals surface area contributed by atoms with E-state index in [0.29, 0.717) is 24.1 Å². The van der Waals surface area contributed by atoms with Gasteiger partial charge in [-0.3, -0.25) is 10.4 Å². The van der Waals surface area contributed by atoms with Gasteiger partial charge in [-0.15, -0.1) is 0 Å². The third-order valence-corrected chi connectivity index (χ3v) is 2.09. The Morgan fingerprint density at radius 3 is 2.42 bits per heavy atom. The van der Waals surface area contributed by atoms with Crippen LogP contribution in [0.5, 0.6) is 5.75 Å². The number of nitrogens with two attached hydrogens (primary N) is 1. The fraction of sp³-hybridized carbons (Fsp3) is 0.417. The normalized spacial score (nSPS) is 11.8. The molecule has 0 saturated carbocycles. The summed E-state index contributed by atoms with van der Waals surface area (Å²) in [5.74, 6) is 6.26. The smallest absolute Gasteiger partial charge is 0.387 e. The Morgan fingerprint density at radius 2 is 1.95 bits per heavy atom. The van der Waals surface area contributed by atoms with Crippen molar-refractivity contribution >= 4 is 11.6 Å². The molecule has 0 aromatic heterocycles. The summed E-state index contributed by atoms with van der Waals surface area (Å²) < 4.78 is 28.2. The molecule has 0 unspecified atom stereocenters. The molecule has 0 aliphatic heterocycles. The molecular formula is C12H18F2N4O. The summed E-state index contributed by atoms with van der Waals surface area (Å²) in [5.41, 5.74) is 3.11. The average Bonchev–Trinajstić information content (AvgIpc) is 2.35. The van der Waals surface area contributed by atoms with Gasteiger partial charge >= 0.3 is 6.61 Å². The number of guanidine groups is 1. The van der Waals surface area contributed by atoms with Crippen molar-refractivity contribution in [2.24, 2.45) is 16.8 Å². The molecule has 5 nitrogen and oxygen atoms in total. The average molecular weight is 272 g/mol. The van der Waals surface area contributed by atoms with Gasteiger partial charge in [-0.2, -0.15) is 8.78 Å². The number of hydrogen-bond donors (Lipinski definition) is 3. The van der Waals surface area contributed by atoms with Crippen molar-refractivity contribution in [3.8, 4) is 5.75 Å². The number of rotatable bonds is 5. The van der Waals surface area contributed by atoms with E-state index in [1.807, 2.05) is 13.8 Å². The van der Waals surface area contributed by atoms with Gasteiger partial charge in [-0.05, 0) is 30.2 Å². The van der Waals surface area contributed by atoms with Crippen LogP contribution in [-0.4, -0.2) is 19.1 Å². The number of aliphatic imine (C=N–C) groups is 1. The third-order valence-electron chi connectivity index (χ3n) is 2.09. The van der Waals surface area contributed by atoms with Gasteiger partial charge in [0.05, 0.1) is 0 Å². The maximum absolute atomic E-state index is 12.0. The van der Waals surface area contributed by atoms with E-state index in [0.717, 1.165) is 0 Å². The monoisotopic (exact) mass is 272 g/mol. The van der Waals surface area contributed by atoms with Crippen LogP contribution in [0.3, 0.4) is 0 Å². The first-order valence-corrected chi connectivity index (χ1v) is 5.84. The highest BCUT2D eigenvalue weighted by Crippen LogP contribution is 2.17. The quantitative estimate of drug-likeness (QED) is 0.332. The summed E-state index contributed by atoms with van der Waals surface area (Å²) >= 11 is 0. The molecule has 0 heterocycles. The van der Waals surface area contributed by atoms with Crippen LogP contribution in [0.15, 0.2) is 29.3 Å². The number of halogens is 2. The van der Waals surface area contributed by atoms with Crippen LogP contribution in [0.2, 0.25) is 0 Å². The van der Waals surface area contributed by atoms with Crippen LogP contribution < -0.4 is 21.3 Å². The zero-order valence-electron chi connectivity index (χ0n) is 10.9. The second-order valence-corrected chi connectivity index (χ2v) is 4.26.